The minimum Gasteiger partial charge on any atom is -0.399 e. The van der Waals surface area contributed by atoms with E-state index in [0.29, 0.717) is 0 Å². The predicted molar refractivity (Wildman–Crippen MR) is 68.5 cm³/mol. The van der Waals surface area contributed by atoms with Crippen LogP contribution >= 0.6 is 0 Å². The van der Waals surface area contributed by atoms with Gasteiger partial charge < -0.3 is 10.7 Å². The number of H-pyrrole nitrogens is 1. The van der Waals surface area contributed by atoms with Gasteiger partial charge >= 0.3 is 0 Å². The first-order valence-corrected chi connectivity index (χ1v) is 5.41. The second-order valence-corrected chi connectivity index (χ2v) is 4.00. The number of nitrogens with one attached hydrogen (secondary N) is 1. The average molecular weight is 224 g/mol. The number of nitrogens with two attached hydrogens (primary N) is 1. The Hall–Kier alpha value is -2.36. The van der Waals surface area contributed by atoms with Gasteiger partial charge in [-0.05, 0) is 24.6 Å². The summed E-state index contributed by atoms with van der Waals surface area (Å²) in [6.07, 6.45) is 3.39. The maximum Gasteiger partial charge on any atom is 0.156 e. The van der Waals surface area contributed by atoms with Crippen molar-refractivity contribution in [1.29, 1.82) is 0 Å². The Morgan fingerprint density at radius 2 is 1.76 bits per heavy atom. The largest absolute Gasteiger partial charge is 0.399 e. The fourth-order valence-electron chi connectivity index (χ4n) is 1.97. The highest BCUT2D eigenvalue weighted by Gasteiger charge is 2.10. The maximum atomic E-state index is 5.68. The third-order valence-corrected chi connectivity index (χ3v) is 2.87. The quantitative estimate of drug-likeness (QED) is 0.624. The van der Waals surface area contributed by atoms with Crippen LogP contribution in [0.15, 0.2) is 36.7 Å². The van der Waals surface area contributed by atoms with Gasteiger partial charge in [0.25, 0.3) is 0 Å². The Labute approximate surface area is 98.5 Å². The lowest BCUT2D eigenvalue weighted by Crippen LogP contribution is -1.85. The van der Waals surface area contributed by atoms with Crippen molar-refractivity contribution in [3.05, 3.63) is 42.2 Å². The summed E-state index contributed by atoms with van der Waals surface area (Å²) in [4.78, 5) is 11.9. The Balaban J connectivity index is 2.24. The molecule has 0 spiro atoms. The van der Waals surface area contributed by atoms with Gasteiger partial charge in [-0.25, -0.2) is 4.98 Å². The SMILES string of the molecule is Cc1c(-c2ccc(N)cc2)[nH]c2nccnc12. The molecule has 84 valence electrons. The molecule has 0 amide bonds. The van der Waals surface area contributed by atoms with Crippen molar-refractivity contribution >= 4 is 16.9 Å². The molecule has 2 heterocycles. The summed E-state index contributed by atoms with van der Waals surface area (Å²) >= 11 is 0. The Morgan fingerprint density at radius 3 is 2.47 bits per heavy atom. The van der Waals surface area contributed by atoms with E-state index in [4.69, 9.17) is 5.73 Å². The maximum absolute atomic E-state index is 5.68. The molecule has 3 aromatic rings. The summed E-state index contributed by atoms with van der Waals surface area (Å²) in [5.41, 5.74) is 11.4. The summed E-state index contributed by atoms with van der Waals surface area (Å²) in [5, 5.41) is 0. The normalized spacial score (nSPS) is 10.9. The van der Waals surface area contributed by atoms with Crippen LogP contribution in [-0.2, 0) is 0 Å². The number of nitrogens with zero attached hydrogens (tertiary/aromatic N) is 2. The zero-order valence-corrected chi connectivity index (χ0v) is 9.44. The number of aryl methyl sites for hydroxylation is 1. The molecule has 0 fully saturated rings. The highest BCUT2D eigenvalue weighted by Crippen LogP contribution is 2.27. The summed E-state index contributed by atoms with van der Waals surface area (Å²) in [6.45, 7) is 2.04. The molecule has 0 aliphatic rings. The third-order valence-electron chi connectivity index (χ3n) is 2.87. The summed E-state index contributed by atoms with van der Waals surface area (Å²) in [5.74, 6) is 0. The lowest BCUT2D eigenvalue weighted by Gasteiger charge is -2.00. The number of hydrogen-bond donors (Lipinski definition) is 2. The summed E-state index contributed by atoms with van der Waals surface area (Å²) < 4.78 is 0. The van der Waals surface area contributed by atoms with Gasteiger partial charge in [-0.15, -0.1) is 0 Å². The summed E-state index contributed by atoms with van der Waals surface area (Å²) in [6, 6.07) is 7.77. The minimum absolute atomic E-state index is 0.763. The topological polar surface area (TPSA) is 67.6 Å². The Morgan fingerprint density at radius 1 is 1.06 bits per heavy atom. The first kappa shape index (κ1) is 9.84. The molecule has 17 heavy (non-hydrogen) atoms. The fourth-order valence-corrected chi connectivity index (χ4v) is 1.97. The molecule has 3 N–H and O–H groups in total. The van der Waals surface area contributed by atoms with Crippen molar-refractivity contribution in [2.24, 2.45) is 0 Å². The van der Waals surface area contributed by atoms with Gasteiger partial charge in [-0.3, -0.25) is 4.98 Å². The van der Waals surface area contributed by atoms with E-state index in [1.54, 1.807) is 12.4 Å². The molecule has 0 unspecified atom stereocenters. The molecule has 2 aromatic heterocycles. The van der Waals surface area contributed by atoms with E-state index in [2.05, 4.69) is 15.0 Å². The molecule has 0 saturated heterocycles. The zero-order chi connectivity index (χ0) is 11.8. The van der Waals surface area contributed by atoms with E-state index in [1.807, 2.05) is 31.2 Å². The van der Waals surface area contributed by atoms with Crippen molar-refractivity contribution in [2.45, 2.75) is 6.92 Å². The van der Waals surface area contributed by atoms with Gasteiger partial charge in [-0.1, -0.05) is 12.1 Å². The van der Waals surface area contributed by atoms with Gasteiger partial charge in [0.1, 0.15) is 5.52 Å². The molecule has 0 aliphatic carbocycles. The molecule has 0 atom stereocenters. The second-order valence-electron chi connectivity index (χ2n) is 4.00. The first-order chi connectivity index (χ1) is 8.25. The molecule has 0 saturated carbocycles. The predicted octanol–water partition coefficient (Wildman–Crippen LogP) is 2.52. The van der Waals surface area contributed by atoms with E-state index in [-0.39, 0.29) is 0 Å². The molecule has 4 nitrogen and oxygen atoms in total. The van der Waals surface area contributed by atoms with Crippen LogP contribution in [0.3, 0.4) is 0 Å². The first-order valence-electron chi connectivity index (χ1n) is 5.41. The van der Waals surface area contributed by atoms with Gasteiger partial charge in [0.05, 0.1) is 5.69 Å². The molecule has 4 heteroatoms. The molecule has 0 aliphatic heterocycles. The highest BCUT2D eigenvalue weighted by molar-refractivity contribution is 5.84. The molecular weight excluding hydrogens is 212 g/mol. The van der Waals surface area contributed by atoms with Crippen LogP contribution in [0.2, 0.25) is 0 Å². The number of fused-ring (bicyclic) bond motifs is 1. The molecule has 0 bridgehead atoms. The van der Waals surface area contributed by atoms with E-state index in [1.165, 1.54) is 0 Å². The van der Waals surface area contributed by atoms with Crippen LogP contribution in [-0.4, -0.2) is 15.0 Å². The van der Waals surface area contributed by atoms with Crippen molar-refractivity contribution in [3.8, 4) is 11.3 Å². The van der Waals surface area contributed by atoms with Gasteiger partial charge in [0.15, 0.2) is 5.65 Å². The standard InChI is InChI=1S/C13H12N4/c1-8-11(9-2-4-10(14)5-3-9)17-13-12(8)15-6-7-16-13/h2-7H,14H2,1H3,(H,16,17). The molecule has 0 radical (unpaired) electrons. The monoisotopic (exact) mass is 224 g/mol. The van der Waals surface area contributed by atoms with Gasteiger partial charge in [0, 0.05) is 23.6 Å². The Kier molecular flexibility index (Phi) is 2.08. The number of benzene rings is 1. The van der Waals surface area contributed by atoms with E-state index >= 15 is 0 Å². The van der Waals surface area contributed by atoms with Crippen molar-refractivity contribution < 1.29 is 0 Å². The lowest BCUT2D eigenvalue weighted by molar-refractivity contribution is 1.26. The van der Waals surface area contributed by atoms with Crippen LogP contribution < -0.4 is 5.73 Å². The molecule has 1 aromatic carbocycles. The van der Waals surface area contributed by atoms with E-state index in [0.717, 1.165) is 33.7 Å². The van der Waals surface area contributed by atoms with Gasteiger partial charge in [-0.2, -0.15) is 0 Å². The van der Waals surface area contributed by atoms with Crippen LogP contribution in [0.25, 0.3) is 22.4 Å². The number of aromatic amines is 1. The Bertz CT molecular complexity index is 667. The van der Waals surface area contributed by atoms with Crippen molar-refractivity contribution in [2.75, 3.05) is 5.73 Å². The number of aromatic nitrogens is 3. The second kappa shape index (κ2) is 3.59. The number of nitrogen functional groups attached to an aromatic ring is 1. The third kappa shape index (κ3) is 1.54. The molecule has 3 rings (SSSR count). The number of anilines is 1. The van der Waals surface area contributed by atoms with Crippen LogP contribution in [0.5, 0.6) is 0 Å². The van der Waals surface area contributed by atoms with Crippen molar-refractivity contribution in [3.63, 3.8) is 0 Å². The summed E-state index contributed by atoms with van der Waals surface area (Å²) in [7, 11) is 0. The van der Waals surface area contributed by atoms with E-state index < -0.39 is 0 Å². The number of rotatable bonds is 1. The van der Waals surface area contributed by atoms with Crippen LogP contribution in [0, 0.1) is 6.92 Å². The smallest absolute Gasteiger partial charge is 0.156 e. The van der Waals surface area contributed by atoms with Crippen LogP contribution in [0.4, 0.5) is 5.69 Å². The average Bonchev–Trinajstić information content (AvgIpc) is 2.69. The molecular formula is C13H12N4. The minimum atomic E-state index is 0.763. The zero-order valence-electron chi connectivity index (χ0n) is 9.44. The van der Waals surface area contributed by atoms with Gasteiger partial charge in [0.2, 0.25) is 0 Å². The van der Waals surface area contributed by atoms with E-state index in [9.17, 15) is 0 Å². The number of hydrogen-bond acceptors (Lipinski definition) is 3. The fraction of sp³-hybridized carbons (Fsp3) is 0.0769. The van der Waals surface area contributed by atoms with Crippen LogP contribution in [0.1, 0.15) is 5.56 Å². The van der Waals surface area contributed by atoms with Crippen molar-refractivity contribution in [1.82, 2.24) is 15.0 Å². The lowest BCUT2D eigenvalue weighted by atomic mass is 10.1. The highest BCUT2D eigenvalue weighted by atomic mass is 14.9.